The van der Waals surface area contributed by atoms with Crippen molar-refractivity contribution in [1.82, 2.24) is 4.98 Å². The molecule has 0 spiro atoms. The predicted molar refractivity (Wildman–Crippen MR) is 55.4 cm³/mol. The SMILES string of the molecule is CC(=O)c1cccc2nc(CC(=O)O)oc12. The number of carbonyl (C=O) groups is 2. The number of aliphatic carboxylic acids is 1. The Bertz CT molecular complexity index is 570. The first-order valence-electron chi connectivity index (χ1n) is 4.69. The molecule has 2 aromatic rings. The van der Waals surface area contributed by atoms with Gasteiger partial charge in [-0.3, -0.25) is 9.59 Å². The largest absolute Gasteiger partial charge is 0.481 e. The molecule has 5 nitrogen and oxygen atoms in total. The van der Waals surface area contributed by atoms with Gasteiger partial charge in [0.05, 0.1) is 5.56 Å². The second kappa shape index (κ2) is 3.77. The van der Waals surface area contributed by atoms with Crippen molar-refractivity contribution in [2.75, 3.05) is 0 Å². The van der Waals surface area contributed by atoms with E-state index in [4.69, 9.17) is 9.52 Å². The van der Waals surface area contributed by atoms with Gasteiger partial charge in [-0.25, -0.2) is 4.98 Å². The second-order valence-electron chi connectivity index (χ2n) is 3.39. The van der Waals surface area contributed by atoms with Gasteiger partial charge in [-0.05, 0) is 19.1 Å². The van der Waals surface area contributed by atoms with Crippen LogP contribution in [0.4, 0.5) is 0 Å². The molecule has 82 valence electrons. The normalized spacial score (nSPS) is 10.6. The van der Waals surface area contributed by atoms with Crippen LogP contribution in [0.5, 0.6) is 0 Å². The molecule has 0 saturated heterocycles. The van der Waals surface area contributed by atoms with Crippen molar-refractivity contribution in [1.29, 1.82) is 0 Å². The van der Waals surface area contributed by atoms with Gasteiger partial charge in [0, 0.05) is 0 Å². The Morgan fingerprint density at radius 1 is 1.44 bits per heavy atom. The Balaban J connectivity index is 2.56. The van der Waals surface area contributed by atoms with E-state index >= 15 is 0 Å². The minimum Gasteiger partial charge on any atom is -0.481 e. The van der Waals surface area contributed by atoms with E-state index in [1.807, 2.05) is 0 Å². The fourth-order valence-corrected chi connectivity index (χ4v) is 1.48. The van der Waals surface area contributed by atoms with Crippen molar-refractivity contribution in [2.45, 2.75) is 13.3 Å². The van der Waals surface area contributed by atoms with Crippen molar-refractivity contribution in [3.8, 4) is 0 Å². The summed E-state index contributed by atoms with van der Waals surface area (Å²) in [5.41, 5.74) is 1.27. The number of nitrogens with zero attached hydrogens (tertiary/aromatic N) is 1. The van der Waals surface area contributed by atoms with Crippen LogP contribution in [-0.2, 0) is 11.2 Å². The van der Waals surface area contributed by atoms with E-state index in [0.717, 1.165) is 0 Å². The summed E-state index contributed by atoms with van der Waals surface area (Å²) < 4.78 is 5.26. The highest BCUT2D eigenvalue weighted by atomic mass is 16.4. The molecule has 0 fully saturated rings. The second-order valence-corrected chi connectivity index (χ2v) is 3.39. The Morgan fingerprint density at radius 3 is 2.81 bits per heavy atom. The maximum Gasteiger partial charge on any atom is 0.312 e. The lowest BCUT2D eigenvalue weighted by atomic mass is 10.1. The highest BCUT2D eigenvalue weighted by Gasteiger charge is 2.14. The standard InChI is InChI=1S/C11H9NO4/c1-6(13)7-3-2-4-8-11(7)16-9(12-8)5-10(14)15/h2-4H,5H2,1H3,(H,14,15). The molecule has 1 N–H and O–H groups in total. The van der Waals surface area contributed by atoms with Gasteiger partial charge in [0.2, 0.25) is 5.89 Å². The van der Waals surface area contributed by atoms with Crippen LogP contribution in [0.3, 0.4) is 0 Å². The fourth-order valence-electron chi connectivity index (χ4n) is 1.48. The molecule has 5 heteroatoms. The highest BCUT2D eigenvalue weighted by Crippen LogP contribution is 2.20. The first-order chi connectivity index (χ1) is 7.58. The molecule has 0 aliphatic rings. The first-order valence-corrected chi connectivity index (χ1v) is 4.69. The average molecular weight is 219 g/mol. The van der Waals surface area contributed by atoms with Crippen LogP contribution in [0.15, 0.2) is 22.6 Å². The lowest BCUT2D eigenvalue weighted by Gasteiger charge is -1.94. The van der Waals surface area contributed by atoms with Gasteiger partial charge >= 0.3 is 5.97 Å². The molecule has 0 bridgehead atoms. The summed E-state index contributed by atoms with van der Waals surface area (Å²) in [6.07, 6.45) is -0.286. The Kier molecular flexibility index (Phi) is 2.44. The number of carbonyl (C=O) groups excluding carboxylic acids is 1. The molecule has 2 rings (SSSR count). The van der Waals surface area contributed by atoms with Gasteiger partial charge in [0.1, 0.15) is 11.9 Å². The minimum absolute atomic E-state index is 0.108. The number of oxazole rings is 1. The predicted octanol–water partition coefficient (Wildman–Crippen LogP) is 1.66. The van der Waals surface area contributed by atoms with Crippen molar-refractivity contribution < 1.29 is 19.1 Å². The number of benzene rings is 1. The molecule has 0 unspecified atom stereocenters. The van der Waals surface area contributed by atoms with Crippen molar-refractivity contribution in [3.63, 3.8) is 0 Å². The molecule has 0 aliphatic heterocycles. The molecule has 1 aromatic heterocycles. The maximum atomic E-state index is 11.3. The number of hydrogen-bond acceptors (Lipinski definition) is 4. The molecule has 0 amide bonds. The topological polar surface area (TPSA) is 80.4 Å². The van der Waals surface area contributed by atoms with Crippen molar-refractivity contribution in [3.05, 3.63) is 29.7 Å². The molecule has 0 aliphatic carbocycles. The smallest absolute Gasteiger partial charge is 0.312 e. The number of hydrogen-bond donors (Lipinski definition) is 1. The van der Waals surface area contributed by atoms with Gasteiger partial charge in [-0.2, -0.15) is 0 Å². The number of ketones is 1. The Morgan fingerprint density at radius 2 is 2.19 bits per heavy atom. The zero-order chi connectivity index (χ0) is 11.7. The molecule has 1 aromatic carbocycles. The third-order valence-electron chi connectivity index (χ3n) is 2.14. The summed E-state index contributed by atoms with van der Waals surface area (Å²) in [4.78, 5) is 25.8. The third-order valence-corrected chi connectivity index (χ3v) is 2.14. The number of aromatic nitrogens is 1. The van der Waals surface area contributed by atoms with Crippen LogP contribution < -0.4 is 0 Å². The van der Waals surface area contributed by atoms with Crippen molar-refractivity contribution in [2.24, 2.45) is 0 Å². The van der Waals surface area contributed by atoms with Crippen LogP contribution in [0, 0.1) is 0 Å². The first kappa shape index (κ1) is 10.4. The average Bonchev–Trinajstić information content (AvgIpc) is 2.57. The summed E-state index contributed by atoms with van der Waals surface area (Å²) in [6, 6.07) is 4.99. The summed E-state index contributed by atoms with van der Waals surface area (Å²) >= 11 is 0. The van der Waals surface area contributed by atoms with Crippen LogP contribution in [0.25, 0.3) is 11.1 Å². The number of fused-ring (bicyclic) bond motifs is 1. The Labute approximate surface area is 90.7 Å². The number of Topliss-reactive ketones (excluding diaryl/α,β-unsaturated/α-hetero) is 1. The lowest BCUT2D eigenvalue weighted by molar-refractivity contribution is -0.136. The van der Waals surface area contributed by atoms with E-state index in [9.17, 15) is 9.59 Å². The quantitative estimate of drug-likeness (QED) is 0.794. The summed E-state index contributed by atoms with van der Waals surface area (Å²) in [7, 11) is 0. The van der Waals surface area contributed by atoms with Crippen LogP contribution in [0.2, 0.25) is 0 Å². The molecule has 0 saturated carbocycles. The van der Waals surface area contributed by atoms with E-state index in [1.165, 1.54) is 6.92 Å². The molecular formula is C11H9NO4. The van der Waals surface area contributed by atoms with Crippen LogP contribution in [-0.4, -0.2) is 21.8 Å². The minimum atomic E-state index is -1.02. The van der Waals surface area contributed by atoms with Gasteiger partial charge in [0.25, 0.3) is 0 Å². The molecule has 1 heterocycles. The zero-order valence-electron chi connectivity index (χ0n) is 8.56. The van der Waals surface area contributed by atoms with E-state index in [0.29, 0.717) is 16.7 Å². The highest BCUT2D eigenvalue weighted by molar-refractivity contribution is 6.04. The maximum absolute atomic E-state index is 11.3. The van der Waals surface area contributed by atoms with Gasteiger partial charge in [-0.1, -0.05) is 6.07 Å². The van der Waals surface area contributed by atoms with Crippen LogP contribution in [0.1, 0.15) is 23.2 Å². The Hall–Kier alpha value is -2.17. The van der Waals surface area contributed by atoms with E-state index in [-0.39, 0.29) is 18.1 Å². The molecule has 0 radical (unpaired) electrons. The molecule has 16 heavy (non-hydrogen) atoms. The van der Waals surface area contributed by atoms with Gasteiger partial charge in [0.15, 0.2) is 11.4 Å². The van der Waals surface area contributed by atoms with Gasteiger partial charge < -0.3 is 9.52 Å². The number of rotatable bonds is 3. The van der Waals surface area contributed by atoms with E-state index in [2.05, 4.69) is 4.98 Å². The van der Waals surface area contributed by atoms with E-state index < -0.39 is 5.97 Å². The lowest BCUT2D eigenvalue weighted by Crippen LogP contribution is -1.99. The van der Waals surface area contributed by atoms with Gasteiger partial charge in [-0.15, -0.1) is 0 Å². The number of carboxylic acids is 1. The summed E-state index contributed by atoms with van der Waals surface area (Å²) in [5, 5.41) is 8.60. The monoisotopic (exact) mass is 219 g/mol. The van der Waals surface area contributed by atoms with Crippen LogP contribution >= 0.6 is 0 Å². The zero-order valence-corrected chi connectivity index (χ0v) is 8.56. The molecular weight excluding hydrogens is 210 g/mol. The summed E-state index contributed by atoms with van der Waals surface area (Å²) in [5.74, 6) is -1.05. The number of carboxylic acid groups (broad SMARTS) is 1. The summed E-state index contributed by atoms with van der Waals surface area (Å²) in [6.45, 7) is 1.42. The number of para-hydroxylation sites is 1. The fraction of sp³-hybridized carbons (Fsp3) is 0.182. The van der Waals surface area contributed by atoms with E-state index in [1.54, 1.807) is 18.2 Å². The van der Waals surface area contributed by atoms with Crippen molar-refractivity contribution >= 4 is 22.9 Å². The molecule has 0 atom stereocenters. The third kappa shape index (κ3) is 1.79.